The molecule has 0 aliphatic rings. The van der Waals surface area contributed by atoms with Crippen molar-refractivity contribution in [2.24, 2.45) is 0 Å². The first-order valence-electron chi connectivity index (χ1n) is 8.34. The van der Waals surface area contributed by atoms with Crippen LogP contribution in [0.3, 0.4) is 0 Å². The number of rotatable bonds is 4. The Morgan fingerprint density at radius 3 is 2.77 bits per heavy atom. The molecule has 0 aliphatic heterocycles. The van der Waals surface area contributed by atoms with Gasteiger partial charge in [0.05, 0.1) is 11.9 Å². The molecule has 0 amide bonds. The maximum atomic E-state index is 10.2. The highest BCUT2D eigenvalue weighted by molar-refractivity contribution is 5.72. The molecule has 2 aromatic heterocycles. The lowest BCUT2D eigenvalue weighted by molar-refractivity contribution is 0.477. The highest BCUT2D eigenvalue weighted by Gasteiger charge is 2.12. The Labute approximate surface area is 150 Å². The van der Waals surface area contributed by atoms with Gasteiger partial charge in [0.2, 0.25) is 0 Å². The number of benzene rings is 2. The van der Waals surface area contributed by atoms with Crippen molar-refractivity contribution in [3.63, 3.8) is 0 Å². The number of phenols is 1. The van der Waals surface area contributed by atoms with Crippen LogP contribution in [0.15, 0.2) is 60.8 Å². The molecule has 4 rings (SSSR count). The molecular formula is C20H19N5O. The van der Waals surface area contributed by atoms with Gasteiger partial charge in [-0.1, -0.05) is 24.3 Å². The second kappa shape index (κ2) is 6.40. The molecule has 0 atom stereocenters. The minimum Gasteiger partial charge on any atom is -0.507 e. The fraction of sp³-hybridized carbons (Fsp3) is 0.100. The first-order valence-corrected chi connectivity index (χ1v) is 8.34. The van der Waals surface area contributed by atoms with E-state index in [1.54, 1.807) is 22.8 Å². The monoisotopic (exact) mass is 345 g/mol. The molecule has 6 heteroatoms. The molecule has 0 saturated heterocycles. The minimum absolute atomic E-state index is 0.198. The lowest BCUT2D eigenvalue weighted by atomic mass is 10.1. The third-order valence-corrected chi connectivity index (χ3v) is 4.25. The molecular weight excluding hydrogens is 326 g/mol. The molecule has 0 unspecified atom stereocenters. The number of nitrogens with zero attached hydrogens (tertiary/aromatic N) is 3. The summed E-state index contributed by atoms with van der Waals surface area (Å²) < 4.78 is 1.77. The molecule has 0 saturated carbocycles. The van der Waals surface area contributed by atoms with Gasteiger partial charge in [-0.05, 0) is 36.8 Å². The molecule has 0 spiro atoms. The number of hydrogen-bond acceptors (Lipinski definition) is 5. The lowest BCUT2D eigenvalue weighted by Crippen LogP contribution is -2.07. The van der Waals surface area contributed by atoms with Crippen LogP contribution in [0.5, 0.6) is 5.75 Å². The largest absolute Gasteiger partial charge is 0.507 e. The summed E-state index contributed by atoms with van der Waals surface area (Å²) in [6.45, 7) is 2.56. The van der Waals surface area contributed by atoms with Crippen LogP contribution in [0.2, 0.25) is 0 Å². The van der Waals surface area contributed by atoms with Crippen LogP contribution in [0.4, 0.5) is 11.5 Å². The van der Waals surface area contributed by atoms with Crippen molar-refractivity contribution in [2.75, 3.05) is 11.1 Å². The normalized spacial score (nSPS) is 11.0. The van der Waals surface area contributed by atoms with Gasteiger partial charge >= 0.3 is 0 Å². The maximum Gasteiger partial charge on any atom is 0.160 e. The Bertz CT molecular complexity index is 1090. The highest BCUT2D eigenvalue weighted by atomic mass is 16.3. The summed E-state index contributed by atoms with van der Waals surface area (Å²) in [6, 6.07) is 16.8. The maximum absolute atomic E-state index is 10.2. The van der Waals surface area contributed by atoms with Crippen LogP contribution in [-0.4, -0.2) is 19.7 Å². The van der Waals surface area contributed by atoms with Crippen molar-refractivity contribution < 1.29 is 5.11 Å². The van der Waals surface area contributed by atoms with Crippen LogP contribution in [0.25, 0.3) is 16.9 Å². The number of fused-ring (bicyclic) bond motifs is 1. The molecule has 2 aromatic carbocycles. The van der Waals surface area contributed by atoms with Crippen molar-refractivity contribution in [2.45, 2.75) is 13.5 Å². The quantitative estimate of drug-likeness (QED) is 0.492. The fourth-order valence-electron chi connectivity index (χ4n) is 2.92. The molecule has 26 heavy (non-hydrogen) atoms. The number of nitrogen functional groups attached to an aromatic ring is 1. The van der Waals surface area contributed by atoms with Crippen LogP contribution >= 0.6 is 0 Å². The number of para-hydroxylation sites is 1. The second-order valence-electron chi connectivity index (χ2n) is 6.21. The molecule has 0 radical (unpaired) electrons. The van der Waals surface area contributed by atoms with Gasteiger partial charge in [-0.25, -0.2) is 4.98 Å². The van der Waals surface area contributed by atoms with Crippen molar-refractivity contribution in [3.8, 4) is 17.0 Å². The van der Waals surface area contributed by atoms with Gasteiger partial charge in [0, 0.05) is 29.4 Å². The third kappa shape index (κ3) is 2.93. The average Bonchev–Trinajstić information content (AvgIpc) is 3.01. The zero-order valence-corrected chi connectivity index (χ0v) is 14.3. The van der Waals surface area contributed by atoms with E-state index >= 15 is 0 Å². The fourth-order valence-corrected chi connectivity index (χ4v) is 2.92. The molecule has 0 fully saturated rings. The van der Waals surface area contributed by atoms with E-state index in [0.29, 0.717) is 17.8 Å². The number of aromatic nitrogens is 3. The highest BCUT2D eigenvalue weighted by Crippen LogP contribution is 2.30. The topological polar surface area (TPSA) is 88.5 Å². The van der Waals surface area contributed by atoms with Gasteiger partial charge in [0.1, 0.15) is 11.6 Å². The Morgan fingerprint density at radius 1 is 1.12 bits per heavy atom. The molecule has 4 aromatic rings. The lowest BCUT2D eigenvalue weighted by Gasteiger charge is -2.12. The van der Waals surface area contributed by atoms with E-state index in [-0.39, 0.29) is 5.75 Å². The number of phenolic OH excluding ortho intramolecular Hbond substituents is 1. The standard InChI is InChI=1S/C20H19N5O/c1-13-11-23-25-19(22-12-14-5-4-6-15(21)9-14)10-17(24-20(13)25)16-7-2-3-8-18(16)26/h2-11,22,26H,12,21H2,1H3. The van der Waals surface area contributed by atoms with E-state index in [4.69, 9.17) is 5.73 Å². The van der Waals surface area contributed by atoms with Crippen LogP contribution in [0, 0.1) is 6.92 Å². The second-order valence-corrected chi connectivity index (χ2v) is 6.21. The number of hydrogen-bond donors (Lipinski definition) is 3. The molecule has 0 aliphatic carbocycles. The number of nitrogens with one attached hydrogen (secondary N) is 1. The zero-order chi connectivity index (χ0) is 18.1. The van der Waals surface area contributed by atoms with E-state index in [1.165, 1.54) is 0 Å². The SMILES string of the molecule is Cc1cnn2c(NCc3cccc(N)c3)cc(-c3ccccc3O)nc12. The van der Waals surface area contributed by atoms with E-state index < -0.39 is 0 Å². The van der Waals surface area contributed by atoms with Gasteiger partial charge in [-0.2, -0.15) is 9.61 Å². The summed E-state index contributed by atoms with van der Waals surface area (Å²) >= 11 is 0. The Kier molecular flexibility index (Phi) is 3.93. The van der Waals surface area contributed by atoms with Crippen molar-refractivity contribution in [1.82, 2.24) is 14.6 Å². The van der Waals surface area contributed by atoms with E-state index in [1.807, 2.05) is 49.4 Å². The first kappa shape index (κ1) is 16.0. The molecule has 130 valence electrons. The smallest absolute Gasteiger partial charge is 0.160 e. The van der Waals surface area contributed by atoms with Gasteiger partial charge in [-0.3, -0.25) is 0 Å². The van der Waals surface area contributed by atoms with Gasteiger partial charge in [0.25, 0.3) is 0 Å². The van der Waals surface area contributed by atoms with Crippen LogP contribution in [-0.2, 0) is 6.54 Å². The van der Waals surface area contributed by atoms with E-state index in [0.717, 1.165) is 28.3 Å². The third-order valence-electron chi connectivity index (χ3n) is 4.25. The van der Waals surface area contributed by atoms with Gasteiger partial charge < -0.3 is 16.2 Å². The Balaban J connectivity index is 1.77. The number of nitrogens with two attached hydrogens (primary N) is 1. The molecule has 2 heterocycles. The van der Waals surface area contributed by atoms with Crippen molar-refractivity contribution in [3.05, 3.63) is 71.9 Å². The average molecular weight is 345 g/mol. The summed E-state index contributed by atoms with van der Waals surface area (Å²) in [5.41, 5.74) is 10.7. The van der Waals surface area contributed by atoms with E-state index in [2.05, 4.69) is 15.4 Å². The summed E-state index contributed by atoms with van der Waals surface area (Å²) in [5.74, 6) is 0.993. The molecule has 6 nitrogen and oxygen atoms in total. The first-order chi connectivity index (χ1) is 12.6. The Hall–Kier alpha value is -3.54. The summed E-state index contributed by atoms with van der Waals surface area (Å²) in [6.07, 6.45) is 1.78. The predicted octanol–water partition coefficient (Wildman–Crippen LogP) is 3.60. The van der Waals surface area contributed by atoms with Gasteiger partial charge in [0.15, 0.2) is 5.65 Å². The van der Waals surface area contributed by atoms with Crippen LogP contribution < -0.4 is 11.1 Å². The predicted molar refractivity (Wildman–Crippen MR) is 103 cm³/mol. The number of aryl methyl sites for hydroxylation is 1. The van der Waals surface area contributed by atoms with Crippen molar-refractivity contribution >= 4 is 17.2 Å². The van der Waals surface area contributed by atoms with Crippen molar-refractivity contribution in [1.29, 1.82) is 0 Å². The van der Waals surface area contributed by atoms with E-state index in [9.17, 15) is 5.11 Å². The zero-order valence-electron chi connectivity index (χ0n) is 14.3. The summed E-state index contributed by atoms with van der Waals surface area (Å²) in [4.78, 5) is 4.68. The summed E-state index contributed by atoms with van der Waals surface area (Å²) in [7, 11) is 0. The summed E-state index contributed by atoms with van der Waals surface area (Å²) in [5, 5.41) is 18.0. The minimum atomic E-state index is 0.198. The number of anilines is 2. The van der Waals surface area contributed by atoms with Crippen LogP contribution in [0.1, 0.15) is 11.1 Å². The number of aromatic hydroxyl groups is 1. The molecule has 0 bridgehead atoms. The Morgan fingerprint density at radius 2 is 1.96 bits per heavy atom. The molecule has 4 N–H and O–H groups in total. The van der Waals surface area contributed by atoms with Gasteiger partial charge in [-0.15, -0.1) is 0 Å².